The van der Waals surface area contributed by atoms with E-state index in [0.717, 1.165) is 0 Å². The van der Waals surface area contributed by atoms with Crippen LogP contribution in [0.4, 0.5) is 4.39 Å². The number of nitrogens with zero attached hydrogens (tertiary/aromatic N) is 1. The van der Waals surface area contributed by atoms with Crippen molar-refractivity contribution in [2.45, 2.75) is 18.2 Å². The van der Waals surface area contributed by atoms with Crippen LogP contribution in [0.5, 0.6) is 0 Å². The zero-order valence-electron chi connectivity index (χ0n) is 10.2. The van der Waals surface area contributed by atoms with E-state index in [1.807, 2.05) is 0 Å². The SMILES string of the molecule is C[C@@H](O)CS(=O)(=O)c1ncc(-c2ccc(F)cc2)[nH]1. The van der Waals surface area contributed by atoms with Gasteiger partial charge in [-0.3, -0.25) is 0 Å². The lowest BCUT2D eigenvalue weighted by atomic mass is 10.2. The first-order valence-electron chi connectivity index (χ1n) is 5.60. The smallest absolute Gasteiger partial charge is 0.225 e. The Morgan fingerprint density at radius 2 is 2.00 bits per heavy atom. The molecule has 0 aliphatic carbocycles. The average Bonchev–Trinajstić information content (AvgIpc) is 2.78. The van der Waals surface area contributed by atoms with E-state index in [1.54, 1.807) is 0 Å². The maximum absolute atomic E-state index is 12.8. The number of aromatic amines is 1. The van der Waals surface area contributed by atoms with Crippen molar-refractivity contribution < 1.29 is 17.9 Å². The van der Waals surface area contributed by atoms with Gasteiger partial charge < -0.3 is 10.1 Å². The minimum atomic E-state index is -3.65. The van der Waals surface area contributed by atoms with E-state index in [9.17, 15) is 12.8 Å². The van der Waals surface area contributed by atoms with Crippen LogP contribution in [0.1, 0.15) is 6.92 Å². The number of hydrogen-bond donors (Lipinski definition) is 2. The van der Waals surface area contributed by atoms with Crippen LogP contribution in [-0.2, 0) is 9.84 Å². The van der Waals surface area contributed by atoms with Gasteiger partial charge in [-0.2, -0.15) is 0 Å². The highest BCUT2D eigenvalue weighted by Gasteiger charge is 2.21. The van der Waals surface area contributed by atoms with Crippen molar-refractivity contribution in [2.24, 2.45) is 0 Å². The Morgan fingerprint density at radius 1 is 1.37 bits per heavy atom. The molecule has 1 aromatic carbocycles. The lowest BCUT2D eigenvalue weighted by molar-refractivity contribution is 0.218. The second-order valence-electron chi connectivity index (χ2n) is 4.24. The van der Waals surface area contributed by atoms with Crippen molar-refractivity contribution in [3.8, 4) is 11.3 Å². The molecule has 1 heterocycles. The van der Waals surface area contributed by atoms with Gasteiger partial charge in [0, 0.05) is 0 Å². The molecule has 2 rings (SSSR count). The van der Waals surface area contributed by atoms with Crippen molar-refractivity contribution in [2.75, 3.05) is 5.75 Å². The minimum absolute atomic E-state index is 0.201. The number of rotatable bonds is 4. The summed E-state index contributed by atoms with van der Waals surface area (Å²) in [7, 11) is -3.65. The molecule has 1 aromatic heterocycles. The second-order valence-corrected chi connectivity index (χ2v) is 6.19. The molecule has 0 amide bonds. The second kappa shape index (κ2) is 5.10. The van der Waals surface area contributed by atoms with Crippen LogP contribution in [0.15, 0.2) is 35.6 Å². The standard InChI is InChI=1S/C12H13FN2O3S/c1-8(16)7-19(17,18)12-14-6-11(15-12)9-2-4-10(13)5-3-9/h2-6,8,16H,7H2,1H3,(H,14,15)/t8-/m1/s1. The summed E-state index contributed by atoms with van der Waals surface area (Å²) in [5, 5.41) is 8.94. The quantitative estimate of drug-likeness (QED) is 0.888. The van der Waals surface area contributed by atoms with E-state index in [1.165, 1.54) is 37.4 Å². The molecule has 2 aromatic rings. The van der Waals surface area contributed by atoms with Crippen LogP contribution < -0.4 is 0 Å². The molecule has 5 nitrogen and oxygen atoms in total. The van der Waals surface area contributed by atoms with Gasteiger partial charge in [0.2, 0.25) is 15.0 Å². The molecular formula is C12H13FN2O3S. The van der Waals surface area contributed by atoms with Gasteiger partial charge >= 0.3 is 0 Å². The van der Waals surface area contributed by atoms with Gasteiger partial charge in [-0.25, -0.2) is 17.8 Å². The number of halogens is 1. The molecule has 0 bridgehead atoms. The first kappa shape index (κ1) is 13.7. The highest BCUT2D eigenvalue weighted by molar-refractivity contribution is 7.91. The van der Waals surface area contributed by atoms with Crippen LogP contribution in [0.25, 0.3) is 11.3 Å². The molecule has 0 aliphatic rings. The number of aliphatic hydroxyl groups is 1. The molecular weight excluding hydrogens is 271 g/mol. The van der Waals surface area contributed by atoms with Gasteiger partial charge in [0.15, 0.2) is 0 Å². The molecule has 0 saturated heterocycles. The summed E-state index contributed by atoms with van der Waals surface area (Å²) in [5.41, 5.74) is 1.11. The van der Waals surface area contributed by atoms with Crippen LogP contribution >= 0.6 is 0 Å². The zero-order chi connectivity index (χ0) is 14.0. The van der Waals surface area contributed by atoms with Gasteiger partial charge in [0.05, 0.1) is 23.7 Å². The predicted molar refractivity (Wildman–Crippen MR) is 67.7 cm³/mol. The molecule has 0 saturated carbocycles. The Kier molecular flexibility index (Phi) is 3.68. The van der Waals surface area contributed by atoms with Crippen LogP contribution in [0.2, 0.25) is 0 Å². The first-order valence-corrected chi connectivity index (χ1v) is 7.25. The van der Waals surface area contributed by atoms with Gasteiger partial charge in [-0.05, 0) is 36.8 Å². The largest absolute Gasteiger partial charge is 0.392 e. The van der Waals surface area contributed by atoms with Gasteiger partial charge in [-0.15, -0.1) is 0 Å². The van der Waals surface area contributed by atoms with E-state index in [2.05, 4.69) is 9.97 Å². The van der Waals surface area contributed by atoms with Crippen LogP contribution in [-0.4, -0.2) is 35.3 Å². The van der Waals surface area contributed by atoms with E-state index in [0.29, 0.717) is 11.3 Å². The minimum Gasteiger partial charge on any atom is -0.392 e. The van der Waals surface area contributed by atoms with Gasteiger partial charge in [0.1, 0.15) is 5.82 Å². The Bertz CT molecular complexity index is 663. The summed E-state index contributed by atoms with van der Waals surface area (Å²) in [6.07, 6.45) is 0.395. The predicted octanol–water partition coefficient (Wildman–Crippen LogP) is 1.37. The molecule has 0 aliphatic heterocycles. The number of sulfone groups is 1. The molecule has 19 heavy (non-hydrogen) atoms. The van der Waals surface area contributed by atoms with E-state index < -0.39 is 21.7 Å². The molecule has 0 spiro atoms. The topological polar surface area (TPSA) is 83.0 Å². The monoisotopic (exact) mass is 284 g/mol. The molecule has 0 radical (unpaired) electrons. The summed E-state index contributed by atoms with van der Waals surface area (Å²) >= 11 is 0. The van der Waals surface area contributed by atoms with Gasteiger partial charge in [0.25, 0.3) is 0 Å². The van der Waals surface area contributed by atoms with E-state index >= 15 is 0 Å². The summed E-state index contributed by atoms with van der Waals surface area (Å²) in [5.74, 6) is -0.770. The number of hydrogen-bond acceptors (Lipinski definition) is 4. The summed E-state index contributed by atoms with van der Waals surface area (Å²) < 4.78 is 36.4. The molecule has 7 heteroatoms. The maximum Gasteiger partial charge on any atom is 0.225 e. The Hall–Kier alpha value is -1.73. The number of H-pyrrole nitrogens is 1. The summed E-state index contributed by atoms with van der Waals surface area (Å²) in [6, 6.07) is 5.60. The maximum atomic E-state index is 12.8. The highest BCUT2D eigenvalue weighted by Crippen LogP contribution is 2.19. The fourth-order valence-electron chi connectivity index (χ4n) is 1.63. The number of imidazole rings is 1. The fraction of sp³-hybridized carbons (Fsp3) is 0.250. The zero-order valence-corrected chi connectivity index (χ0v) is 11.0. The first-order chi connectivity index (χ1) is 8.88. The third kappa shape index (κ3) is 3.18. The number of nitrogens with one attached hydrogen (secondary N) is 1. The average molecular weight is 284 g/mol. The Morgan fingerprint density at radius 3 is 2.58 bits per heavy atom. The fourth-order valence-corrected chi connectivity index (χ4v) is 2.91. The lowest BCUT2D eigenvalue weighted by Crippen LogP contribution is -2.18. The van der Waals surface area contributed by atoms with Crippen LogP contribution in [0.3, 0.4) is 0 Å². The van der Waals surface area contributed by atoms with E-state index in [-0.39, 0.29) is 11.0 Å². The third-order valence-corrected chi connectivity index (χ3v) is 4.18. The van der Waals surface area contributed by atoms with Crippen molar-refractivity contribution in [1.82, 2.24) is 9.97 Å². The summed E-state index contributed by atoms with van der Waals surface area (Å²) in [6.45, 7) is 1.39. The molecule has 102 valence electrons. The normalized spacial score (nSPS) is 13.4. The number of benzene rings is 1. The van der Waals surface area contributed by atoms with Crippen molar-refractivity contribution in [3.05, 3.63) is 36.3 Å². The van der Waals surface area contributed by atoms with Crippen molar-refractivity contribution >= 4 is 9.84 Å². The molecule has 0 fully saturated rings. The molecule has 1 atom stereocenters. The van der Waals surface area contributed by atoms with E-state index in [4.69, 9.17) is 5.11 Å². The highest BCUT2D eigenvalue weighted by atomic mass is 32.2. The van der Waals surface area contributed by atoms with Crippen molar-refractivity contribution in [3.63, 3.8) is 0 Å². The molecule has 2 N–H and O–H groups in total. The summed E-state index contributed by atoms with van der Waals surface area (Å²) in [4.78, 5) is 6.45. The number of aromatic nitrogens is 2. The van der Waals surface area contributed by atoms with Crippen molar-refractivity contribution in [1.29, 1.82) is 0 Å². The third-order valence-electron chi connectivity index (χ3n) is 2.46. The Labute approximate surface area is 110 Å². The number of aliphatic hydroxyl groups excluding tert-OH is 1. The Balaban J connectivity index is 2.31. The van der Waals surface area contributed by atoms with Gasteiger partial charge in [-0.1, -0.05) is 0 Å². The molecule has 0 unspecified atom stereocenters. The lowest BCUT2D eigenvalue weighted by Gasteiger charge is -2.03. The van der Waals surface area contributed by atoms with Crippen LogP contribution in [0, 0.1) is 5.82 Å².